The van der Waals surface area contributed by atoms with Gasteiger partial charge < -0.3 is 15.5 Å². The van der Waals surface area contributed by atoms with Crippen LogP contribution in [0.4, 0.5) is 0 Å². The summed E-state index contributed by atoms with van der Waals surface area (Å²) < 4.78 is 5.44. The second-order valence-electron chi connectivity index (χ2n) is 3.18. The monoisotopic (exact) mass is 211 g/mol. The summed E-state index contributed by atoms with van der Waals surface area (Å²) in [5.74, 6) is 0.571. The van der Waals surface area contributed by atoms with Crippen molar-refractivity contribution in [3.05, 3.63) is 27.9 Å². The van der Waals surface area contributed by atoms with Crippen molar-refractivity contribution in [2.45, 2.75) is 32.9 Å². The zero-order chi connectivity index (χ0) is 11.3. The first kappa shape index (κ1) is 11.9. The van der Waals surface area contributed by atoms with E-state index in [1.54, 1.807) is 0 Å². The first-order chi connectivity index (χ1) is 7.22. The Bertz CT molecular complexity index is 362. The lowest BCUT2D eigenvalue weighted by molar-refractivity contribution is 0.0532. The van der Waals surface area contributed by atoms with Crippen LogP contribution in [-0.2, 0) is 11.3 Å². The maximum Gasteiger partial charge on any atom is 0.255 e. The summed E-state index contributed by atoms with van der Waals surface area (Å²) in [6, 6.07) is 0. The minimum absolute atomic E-state index is 0.144. The Morgan fingerprint density at radius 1 is 1.60 bits per heavy atom. The van der Waals surface area contributed by atoms with Gasteiger partial charge in [0.2, 0.25) is 0 Å². The largest absolute Gasteiger partial charge is 0.371 e. The highest BCUT2D eigenvalue weighted by atomic mass is 16.5. The Morgan fingerprint density at radius 3 is 2.80 bits per heavy atom. The third-order valence-electron chi connectivity index (χ3n) is 2.16. The molecule has 0 aliphatic rings. The minimum Gasteiger partial charge on any atom is -0.371 e. The van der Waals surface area contributed by atoms with Crippen molar-refractivity contribution in [1.82, 2.24) is 9.97 Å². The van der Waals surface area contributed by atoms with Crippen molar-refractivity contribution in [1.29, 1.82) is 0 Å². The van der Waals surface area contributed by atoms with Crippen LogP contribution in [0.25, 0.3) is 0 Å². The fourth-order valence-corrected chi connectivity index (χ4v) is 1.34. The fourth-order valence-electron chi connectivity index (χ4n) is 1.34. The Kier molecular flexibility index (Phi) is 4.45. The van der Waals surface area contributed by atoms with Crippen LogP contribution in [-0.4, -0.2) is 16.6 Å². The van der Waals surface area contributed by atoms with Crippen LogP contribution < -0.4 is 11.3 Å². The normalized spacial score (nSPS) is 12.7. The van der Waals surface area contributed by atoms with Crippen molar-refractivity contribution in [2.24, 2.45) is 5.73 Å². The number of hydrogen-bond donors (Lipinski definition) is 2. The van der Waals surface area contributed by atoms with E-state index in [2.05, 4.69) is 9.97 Å². The molecule has 0 bridgehead atoms. The van der Waals surface area contributed by atoms with Crippen LogP contribution in [0.2, 0.25) is 0 Å². The van der Waals surface area contributed by atoms with E-state index >= 15 is 0 Å². The lowest BCUT2D eigenvalue weighted by atomic mass is 10.2. The van der Waals surface area contributed by atoms with Gasteiger partial charge in [-0.1, -0.05) is 6.92 Å². The first-order valence-electron chi connectivity index (χ1n) is 5.12. The number of nitrogens with two attached hydrogens (primary N) is 1. The number of aromatic nitrogens is 2. The van der Waals surface area contributed by atoms with Crippen LogP contribution in [0.3, 0.4) is 0 Å². The molecule has 1 aromatic heterocycles. The summed E-state index contributed by atoms with van der Waals surface area (Å²) in [5.41, 5.74) is 5.69. The molecule has 1 heterocycles. The molecule has 5 nitrogen and oxygen atoms in total. The quantitative estimate of drug-likeness (QED) is 0.751. The topological polar surface area (TPSA) is 81.0 Å². The molecular formula is C10H17N3O2. The van der Waals surface area contributed by atoms with Gasteiger partial charge in [-0.25, -0.2) is 4.98 Å². The van der Waals surface area contributed by atoms with Gasteiger partial charge in [0.1, 0.15) is 11.9 Å². The maximum absolute atomic E-state index is 11.5. The molecule has 1 rings (SSSR count). The average Bonchev–Trinajstić information content (AvgIpc) is 2.25. The van der Waals surface area contributed by atoms with Crippen molar-refractivity contribution < 1.29 is 4.74 Å². The second-order valence-corrected chi connectivity index (χ2v) is 3.18. The van der Waals surface area contributed by atoms with E-state index in [9.17, 15) is 4.79 Å². The molecule has 0 saturated heterocycles. The standard InChI is InChI=1S/C10H17N3O2/c1-3-8(15-4-2)9-12-6-7(5-11)10(14)13-9/h6,8H,3-5,11H2,1-2H3,(H,12,13,14). The van der Waals surface area contributed by atoms with E-state index < -0.39 is 0 Å². The minimum atomic E-state index is -0.180. The predicted octanol–water partition coefficient (Wildman–Crippen LogP) is 0.716. The Labute approximate surface area is 88.7 Å². The molecule has 0 spiro atoms. The molecular weight excluding hydrogens is 194 g/mol. The summed E-state index contributed by atoms with van der Waals surface area (Å²) in [6.07, 6.45) is 2.14. The molecule has 0 aliphatic carbocycles. The van der Waals surface area contributed by atoms with Crippen LogP contribution in [0, 0.1) is 0 Å². The van der Waals surface area contributed by atoms with E-state index in [-0.39, 0.29) is 18.2 Å². The third-order valence-corrected chi connectivity index (χ3v) is 2.16. The Balaban J connectivity index is 2.94. The van der Waals surface area contributed by atoms with Crippen LogP contribution in [0.1, 0.15) is 37.8 Å². The lowest BCUT2D eigenvalue weighted by Gasteiger charge is -2.13. The number of nitrogens with zero attached hydrogens (tertiary/aromatic N) is 1. The number of rotatable bonds is 5. The predicted molar refractivity (Wildman–Crippen MR) is 57.4 cm³/mol. The zero-order valence-electron chi connectivity index (χ0n) is 9.12. The molecule has 0 saturated carbocycles. The van der Waals surface area contributed by atoms with Gasteiger partial charge in [0.05, 0.1) is 0 Å². The first-order valence-corrected chi connectivity index (χ1v) is 5.12. The van der Waals surface area contributed by atoms with Gasteiger partial charge in [-0.2, -0.15) is 0 Å². The molecule has 5 heteroatoms. The highest BCUT2D eigenvalue weighted by Gasteiger charge is 2.12. The van der Waals surface area contributed by atoms with Crippen LogP contribution >= 0.6 is 0 Å². The number of H-pyrrole nitrogens is 1. The SMILES string of the molecule is CCOC(CC)c1ncc(CN)c(=O)[nH]1. The van der Waals surface area contributed by atoms with Crippen molar-refractivity contribution in [2.75, 3.05) is 6.61 Å². The second kappa shape index (κ2) is 5.63. The van der Waals surface area contributed by atoms with Crippen molar-refractivity contribution in [3.8, 4) is 0 Å². The smallest absolute Gasteiger partial charge is 0.255 e. The summed E-state index contributed by atoms with van der Waals surface area (Å²) in [5, 5.41) is 0. The van der Waals surface area contributed by atoms with Gasteiger partial charge in [-0.05, 0) is 13.3 Å². The highest BCUT2D eigenvalue weighted by molar-refractivity contribution is 5.06. The molecule has 0 fully saturated rings. The molecule has 0 radical (unpaired) electrons. The third kappa shape index (κ3) is 2.87. The average molecular weight is 211 g/mol. The number of hydrogen-bond acceptors (Lipinski definition) is 4. The van der Waals surface area contributed by atoms with E-state index in [0.717, 1.165) is 6.42 Å². The summed E-state index contributed by atoms with van der Waals surface area (Å²) in [4.78, 5) is 18.3. The number of ether oxygens (including phenoxy) is 1. The maximum atomic E-state index is 11.5. The van der Waals surface area contributed by atoms with E-state index in [1.807, 2.05) is 13.8 Å². The van der Waals surface area contributed by atoms with Crippen LogP contribution in [0.5, 0.6) is 0 Å². The summed E-state index contributed by atoms with van der Waals surface area (Å²) in [7, 11) is 0. The Morgan fingerprint density at radius 2 is 2.33 bits per heavy atom. The Hall–Kier alpha value is -1.20. The molecule has 1 aromatic rings. The zero-order valence-corrected chi connectivity index (χ0v) is 9.12. The number of nitrogens with one attached hydrogen (secondary N) is 1. The molecule has 15 heavy (non-hydrogen) atoms. The summed E-state index contributed by atoms with van der Waals surface area (Å²) in [6.45, 7) is 4.70. The molecule has 1 atom stereocenters. The van der Waals surface area contributed by atoms with E-state index in [4.69, 9.17) is 10.5 Å². The highest BCUT2D eigenvalue weighted by Crippen LogP contribution is 2.15. The van der Waals surface area contributed by atoms with Gasteiger partial charge in [-0.3, -0.25) is 4.79 Å². The van der Waals surface area contributed by atoms with Gasteiger partial charge in [0.25, 0.3) is 5.56 Å². The van der Waals surface area contributed by atoms with Gasteiger partial charge in [0, 0.05) is 24.9 Å². The number of aromatic amines is 1. The lowest BCUT2D eigenvalue weighted by Crippen LogP contribution is -2.21. The van der Waals surface area contributed by atoms with Gasteiger partial charge >= 0.3 is 0 Å². The fraction of sp³-hybridized carbons (Fsp3) is 0.600. The molecule has 0 aliphatic heterocycles. The van der Waals surface area contributed by atoms with Gasteiger partial charge in [-0.15, -0.1) is 0 Å². The van der Waals surface area contributed by atoms with Crippen molar-refractivity contribution in [3.63, 3.8) is 0 Å². The van der Waals surface area contributed by atoms with Crippen LogP contribution in [0.15, 0.2) is 11.0 Å². The molecule has 84 valence electrons. The molecule has 3 N–H and O–H groups in total. The molecule has 0 amide bonds. The van der Waals surface area contributed by atoms with Crippen molar-refractivity contribution >= 4 is 0 Å². The summed E-state index contributed by atoms with van der Waals surface area (Å²) >= 11 is 0. The van der Waals surface area contributed by atoms with E-state index in [0.29, 0.717) is 18.0 Å². The van der Waals surface area contributed by atoms with E-state index in [1.165, 1.54) is 6.20 Å². The van der Waals surface area contributed by atoms with Gasteiger partial charge in [0.15, 0.2) is 0 Å². The molecule has 1 unspecified atom stereocenters. The molecule has 0 aromatic carbocycles.